The van der Waals surface area contributed by atoms with E-state index in [9.17, 15) is 0 Å². The zero-order valence-corrected chi connectivity index (χ0v) is 15.3. The van der Waals surface area contributed by atoms with Crippen LogP contribution < -0.4 is 0 Å². The minimum absolute atomic E-state index is 0.447. The van der Waals surface area contributed by atoms with Gasteiger partial charge in [0.2, 0.25) is 4.77 Å². The maximum Gasteiger partial charge on any atom is 0.216 e. The molecule has 1 saturated carbocycles. The van der Waals surface area contributed by atoms with Crippen molar-refractivity contribution in [2.75, 3.05) is 0 Å². The first-order chi connectivity index (χ1) is 12.1. The third kappa shape index (κ3) is 3.29. The highest BCUT2D eigenvalue weighted by Gasteiger charge is 2.29. The van der Waals surface area contributed by atoms with Crippen molar-refractivity contribution in [3.05, 3.63) is 62.9 Å². The maximum atomic E-state index is 6.52. The Morgan fingerprint density at radius 1 is 1.36 bits per heavy atom. The fourth-order valence-corrected chi connectivity index (χ4v) is 3.18. The van der Waals surface area contributed by atoms with Crippen molar-refractivity contribution in [1.29, 1.82) is 0 Å². The Kier molecular flexibility index (Phi) is 4.27. The van der Waals surface area contributed by atoms with E-state index in [1.807, 2.05) is 37.3 Å². The van der Waals surface area contributed by atoms with Gasteiger partial charge in [-0.2, -0.15) is 20.0 Å². The Hall–Kier alpha value is -2.25. The zero-order valence-electron chi connectivity index (χ0n) is 13.7. The third-order valence-electron chi connectivity index (χ3n) is 4.20. The van der Waals surface area contributed by atoms with Gasteiger partial charge in [0.1, 0.15) is 5.15 Å². The molecule has 1 aromatic carbocycles. The lowest BCUT2D eigenvalue weighted by molar-refractivity contribution is 0.680. The highest BCUT2D eigenvalue weighted by Crippen LogP contribution is 2.38. The van der Waals surface area contributed by atoms with Crippen LogP contribution in [0.2, 0.25) is 5.15 Å². The van der Waals surface area contributed by atoms with Crippen molar-refractivity contribution in [2.45, 2.75) is 32.2 Å². The van der Waals surface area contributed by atoms with E-state index in [2.05, 4.69) is 20.4 Å². The Labute approximate surface area is 155 Å². The Morgan fingerprint density at radius 2 is 2.12 bits per heavy atom. The van der Waals surface area contributed by atoms with E-state index >= 15 is 0 Å². The highest BCUT2D eigenvalue weighted by molar-refractivity contribution is 7.71. The molecule has 1 aliphatic carbocycles. The van der Waals surface area contributed by atoms with E-state index < -0.39 is 0 Å². The molecule has 8 heteroatoms. The third-order valence-corrected chi connectivity index (χ3v) is 4.87. The summed E-state index contributed by atoms with van der Waals surface area (Å²) in [6.07, 6.45) is 3.97. The van der Waals surface area contributed by atoms with Crippen LogP contribution in [0, 0.1) is 11.7 Å². The average Bonchev–Trinajstić information content (AvgIpc) is 3.34. The molecule has 1 aliphatic rings. The van der Waals surface area contributed by atoms with E-state index in [1.165, 1.54) is 0 Å². The average molecular weight is 373 g/mol. The van der Waals surface area contributed by atoms with Gasteiger partial charge in [-0.25, -0.2) is 4.68 Å². The summed E-state index contributed by atoms with van der Waals surface area (Å²) >= 11 is 11.8. The number of nitrogens with one attached hydrogen (secondary N) is 1. The van der Waals surface area contributed by atoms with E-state index in [0.717, 1.165) is 35.5 Å². The van der Waals surface area contributed by atoms with Crippen molar-refractivity contribution in [3.8, 4) is 0 Å². The molecule has 6 nitrogen and oxygen atoms in total. The van der Waals surface area contributed by atoms with Crippen LogP contribution in [0.5, 0.6) is 0 Å². The fraction of sp³-hybridized carbons (Fsp3) is 0.294. The highest BCUT2D eigenvalue weighted by atomic mass is 35.5. The largest absolute Gasteiger partial charge is 0.250 e. The molecule has 128 valence electrons. The summed E-state index contributed by atoms with van der Waals surface area (Å²) < 4.78 is 3.95. The molecule has 0 unspecified atom stereocenters. The summed E-state index contributed by atoms with van der Waals surface area (Å²) in [4.78, 5) is 0. The van der Waals surface area contributed by atoms with Crippen LogP contribution in [0.1, 0.15) is 41.4 Å². The first-order valence-electron chi connectivity index (χ1n) is 8.12. The SMILES string of the molecule is Cc1nn(Cc2ccccc2)c(Cl)c1/C=N\n1c(C2CC2)n[nH]c1=S. The molecule has 2 heterocycles. The molecule has 0 radical (unpaired) electrons. The predicted molar refractivity (Wildman–Crippen MR) is 99.9 cm³/mol. The molecule has 0 atom stereocenters. The lowest BCUT2D eigenvalue weighted by Crippen LogP contribution is -2.02. The minimum atomic E-state index is 0.447. The van der Waals surface area contributed by atoms with E-state index in [-0.39, 0.29) is 0 Å². The summed E-state index contributed by atoms with van der Waals surface area (Å²) in [6.45, 7) is 2.54. The molecule has 0 amide bonds. The van der Waals surface area contributed by atoms with Crippen LogP contribution in [0.4, 0.5) is 0 Å². The molecule has 25 heavy (non-hydrogen) atoms. The molecule has 0 bridgehead atoms. The molecule has 1 N–H and O–H groups in total. The van der Waals surface area contributed by atoms with Crippen LogP contribution in [0.3, 0.4) is 0 Å². The van der Waals surface area contributed by atoms with Gasteiger partial charge in [-0.05, 0) is 37.5 Å². The smallest absolute Gasteiger partial charge is 0.216 e. The molecular weight excluding hydrogens is 356 g/mol. The van der Waals surface area contributed by atoms with Gasteiger partial charge in [0.15, 0.2) is 5.82 Å². The Morgan fingerprint density at radius 3 is 2.84 bits per heavy atom. The molecule has 1 fully saturated rings. The van der Waals surface area contributed by atoms with Crippen molar-refractivity contribution in [3.63, 3.8) is 0 Å². The molecular formula is C17H17ClN6S. The van der Waals surface area contributed by atoms with Gasteiger partial charge < -0.3 is 0 Å². The second kappa shape index (κ2) is 6.57. The number of rotatable bonds is 5. The number of nitrogens with zero attached hydrogens (tertiary/aromatic N) is 5. The van der Waals surface area contributed by atoms with Crippen LogP contribution in [-0.4, -0.2) is 30.9 Å². The molecule has 2 aromatic heterocycles. The number of benzene rings is 1. The summed E-state index contributed by atoms with van der Waals surface area (Å²) in [7, 11) is 0. The second-order valence-corrected chi connectivity index (χ2v) is 6.90. The quantitative estimate of drug-likeness (QED) is 0.545. The molecule has 0 spiro atoms. The standard InChI is InChI=1S/C17H17ClN6S/c1-11-14(9-19-24-16(13-7-8-13)20-21-17(24)25)15(18)23(22-11)10-12-5-3-2-4-6-12/h2-6,9,13H,7-8,10H2,1H3,(H,21,25)/b19-9-. The van der Waals surface area contributed by atoms with Crippen molar-refractivity contribution < 1.29 is 0 Å². The van der Waals surface area contributed by atoms with Crippen LogP contribution in [-0.2, 0) is 6.54 Å². The first-order valence-corrected chi connectivity index (χ1v) is 8.90. The Bertz CT molecular complexity index is 980. The number of halogens is 1. The van der Waals surface area contributed by atoms with Gasteiger partial charge in [-0.15, -0.1) is 0 Å². The molecule has 0 saturated heterocycles. The molecule has 0 aliphatic heterocycles. The number of aromatic nitrogens is 5. The summed E-state index contributed by atoms with van der Waals surface area (Å²) in [6, 6.07) is 10.1. The van der Waals surface area contributed by atoms with Crippen molar-refractivity contribution in [2.24, 2.45) is 5.10 Å². The van der Waals surface area contributed by atoms with E-state index in [4.69, 9.17) is 23.8 Å². The van der Waals surface area contributed by atoms with Crippen LogP contribution in [0.25, 0.3) is 0 Å². The van der Waals surface area contributed by atoms with Crippen LogP contribution in [0.15, 0.2) is 35.4 Å². The maximum absolute atomic E-state index is 6.52. The molecule has 4 rings (SSSR count). The first kappa shape index (κ1) is 16.2. The van der Waals surface area contributed by atoms with Crippen molar-refractivity contribution >= 4 is 30.0 Å². The number of aromatic amines is 1. The normalized spacial score (nSPS) is 14.5. The van der Waals surface area contributed by atoms with Gasteiger partial charge in [-0.1, -0.05) is 41.9 Å². The minimum Gasteiger partial charge on any atom is -0.250 e. The number of aryl methyl sites for hydroxylation is 1. The topological polar surface area (TPSA) is 63.8 Å². The second-order valence-electron chi connectivity index (χ2n) is 6.15. The van der Waals surface area contributed by atoms with E-state index in [1.54, 1.807) is 15.6 Å². The van der Waals surface area contributed by atoms with Gasteiger partial charge in [0, 0.05) is 5.92 Å². The monoisotopic (exact) mass is 372 g/mol. The van der Waals surface area contributed by atoms with Crippen LogP contribution >= 0.6 is 23.8 Å². The summed E-state index contributed by atoms with van der Waals surface area (Å²) in [5.74, 6) is 1.33. The van der Waals surface area contributed by atoms with Gasteiger partial charge in [0.05, 0.1) is 24.0 Å². The lowest BCUT2D eigenvalue weighted by Gasteiger charge is -2.03. The van der Waals surface area contributed by atoms with E-state index in [0.29, 0.717) is 22.4 Å². The van der Waals surface area contributed by atoms with Gasteiger partial charge >= 0.3 is 0 Å². The number of H-pyrrole nitrogens is 1. The number of hydrogen-bond donors (Lipinski definition) is 1. The fourth-order valence-electron chi connectivity index (χ4n) is 2.71. The van der Waals surface area contributed by atoms with Gasteiger partial charge in [-0.3, -0.25) is 5.10 Å². The summed E-state index contributed by atoms with van der Waals surface area (Å²) in [5, 5.41) is 16.7. The zero-order chi connectivity index (χ0) is 17.4. The van der Waals surface area contributed by atoms with Gasteiger partial charge in [0.25, 0.3) is 0 Å². The lowest BCUT2D eigenvalue weighted by atomic mass is 10.2. The predicted octanol–water partition coefficient (Wildman–Crippen LogP) is 3.91. The summed E-state index contributed by atoms with van der Waals surface area (Å²) in [5.41, 5.74) is 2.76. The van der Waals surface area contributed by atoms with Crippen molar-refractivity contribution in [1.82, 2.24) is 24.7 Å². The Balaban J connectivity index is 1.63. The number of hydrogen-bond acceptors (Lipinski definition) is 4. The molecule has 3 aromatic rings.